The highest BCUT2D eigenvalue weighted by molar-refractivity contribution is 5.76. The second-order valence-corrected chi connectivity index (χ2v) is 4.96. The summed E-state index contributed by atoms with van der Waals surface area (Å²) in [5.41, 5.74) is 8.71. The zero-order valence-corrected chi connectivity index (χ0v) is 11.3. The Morgan fingerprint density at radius 1 is 1.20 bits per heavy atom. The predicted octanol–water partition coefficient (Wildman–Crippen LogP) is 3.24. The van der Waals surface area contributed by atoms with Gasteiger partial charge < -0.3 is 10.3 Å². The standard InChI is InChI=1S/C16H16FN3/c1-11(18)16-19-14-9-13(17)7-8-15(14)20(16)10-12-5-3-2-4-6-12/h2-9,11H,10,18H2,1H3. The highest BCUT2D eigenvalue weighted by atomic mass is 19.1. The van der Waals surface area contributed by atoms with Gasteiger partial charge in [0.05, 0.1) is 17.1 Å². The first-order valence-electron chi connectivity index (χ1n) is 6.60. The van der Waals surface area contributed by atoms with Crippen LogP contribution in [0.2, 0.25) is 0 Å². The van der Waals surface area contributed by atoms with Gasteiger partial charge in [-0.05, 0) is 24.6 Å². The van der Waals surface area contributed by atoms with Crippen LogP contribution in [0.3, 0.4) is 0 Å². The monoisotopic (exact) mass is 269 g/mol. The van der Waals surface area contributed by atoms with Crippen molar-refractivity contribution >= 4 is 11.0 Å². The fraction of sp³-hybridized carbons (Fsp3) is 0.188. The van der Waals surface area contributed by atoms with Gasteiger partial charge in [-0.25, -0.2) is 9.37 Å². The highest BCUT2D eigenvalue weighted by Crippen LogP contribution is 2.22. The number of rotatable bonds is 3. The lowest BCUT2D eigenvalue weighted by Gasteiger charge is -2.11. The first kappa shape index (κ1) is 12.8. The van der Waals surface area contributed by atoms with E-state index < -0.39 is 0 Å². The molecule has 1 unspecified atom stereocenters. The average molecular weight is 269 g/mol. The molecule has 0 aliphatic rings. The van der Waals surface area contributed by atoms with E-state index in [1.54, 1.807) is 6.07 Å². The number of fused-ring (bicyclic) bond motifs is 1. The lowest BCUT2D eigenvalue weighted by Crippen LogP contribution is -2.14. The van der Waals surface area contributed by atoms with Crippen LogP contribution in [0.1, 0.15) is 24.4 Å². The third-order valence-corrected chi connectivity index (χ3v) is 3.33. The summed E-state index contributed by atoms with van der Waals surface area (Å²) in [7, 11) is 0. The molecule has 3 aromatic rings. The Kier molecular flexibility index (Phi) is 3.24. The molecule has 2 N–H and O–H groups in total. The normalized spacial score (nSPS) is 12.8. The highest BCUT2D eigenvalue weighted by Gasteiger charge is 2.14. The number of nitrogens with zero attached hydrogens (tertiary/aromatic N) is 2. The lowest BCUT2D eigenvalue weighted by molar-refractivity contribution is 0.629. The molecule has 1 atom stereocenters. The molecule has 1 heterocycles. The quantitative estimate of drug-likeness (QED) is 0.793. The van der Waals surface area contributed by atoms with Gasteiger partial charge in [0, 0.05) is 12.6 Å². The Morgan fingerprint density at radius 2 is 1.95 bits per heavy atom. The van der Waals surface area contributed by atoms with E-state index in [-0.39, 0.29) is 11.9 Å². The van der Waals surface area contributed by atoms with Crippen molar-refractivity contribution in [2.45, 2.75) is 19.5 Å². The lowest BCUT2D eigenvalue weighted by atomic mass is 10.2. The molecule has 4 heteroatoms. The van der Waals surface area contributed by atoms with Crippen LogP contribution in [-0.2, 0) is 6.54 Å². The molecule has 1 aromatic heterocycles. The van der Waals surface area contributed by atoms with E-state index in [2.05, 4.69) is 21.7 Å². The van der Waals surface area contributed by atoms with Crippen molar-refractivity contribution in [3.63, 3.8) is 0 Å². The number of aromatic nitrogens is 2. The van der Waals surface area contributed by atoms with Gasteiger partial charge in [0.1, 0.15) is 11.6 Å². The van der Waals surface area contributed by atoms with E-state index in [1.165, 1.54) is 12.1 Å². The number of halogens is 1. The molecule has 0 aliphatic carbocycles. The van der Waals surface area contributed by atoms with E-state index in [4.69, 9.17) is 5.73 Å². The average Bonchev–Trinajstić information content (AvgIpc) is 2.78. The molecule has 0 spiro atoms. The van der Waals surface area contributed by atoms with Gasteiger partial charge in [-0.15, -0.1) is 0 Å². The van der Waals surface area contributed by atoms with Crippen molar-refractivity contribution < 1.29 is 4.39 Å². The summed E-state index contributed by atoms with van der Waals surface area (Å²) < 4.78 is 15.4. The van der Waals surface area contributed by atoms with Crippen molar-refractivity contribution in [1.29, 1.82) is 0 Å². The minimum Gasteiger partial charge on any atom is -0.322 e. The first-order chi connectivity index (χ1) is 9.65. The minimum absolute atomic E-state index is 0.200. The fourth-order valence-corrected chi connectivity index (χ4v) is 2.40. The fourth-order valence-electron chi connectivity index (χ4n) is 2.40. The Balaban J connectivity index is 2.14. The molecular weight excluding hydrogens is 253 g/mol. The summed E-state index contributed by atoms with van der Waals surface area (Å²) in [6, 6.07) is 14.6. The van der Waals surface area contributed by atoms with E-state index in [1.807, 2.05) is 25.1 Å². The van der Waals surface area contributed by atoms with Crippen molar-refractivity contribution in [2.24, 2.45) is 5.73 Å². The van der Waals surface area contributed by atoms with Crippen LogP contribution >= 0.6 is 0 Å². The maximum absolute atomic E-state index is 13.3. The van der Waals surface area contributed by atoms with Gasteiger partial charge in [0.15, 0.2) is 0 Å². The van der Waals surface area contributed by atoms with Crippen LogP contribution in [0.5, 0.6) is 0 Å². The van der Waals surface area contributed by atoms with Gasteiger partial charge in [0.25, 0.3) is 0 Å². The van der Waals surface area contributed by atoms with E-state index in [0.29, 0.717) is 12.1 Å². The smallest absolute Gasteiger partial charge is 0.126 e. The topological polar surface area (TPSA) is 43.8 Å². The molecule has 0 fully saturated rings. The largest absolute Gasteiger partial charge is 0.322 e. The molecule has 0 bridgehead atoms. The van der Waals surface area contributed by atoms with Crippen LogP contribution in [0.4, 0.5) is 4.39 Å². The van der Waals surface area contributed by atoms with Crippen molar-refractivity contribution in [2.75, 3.05) is 0 Å². The van der Waals surface area contributed by atoms with E-state index in [0.717, 1.165) is 16.9 Å². The SMILES string of the molecule is CC(N)c1nc2cc(F)ccc2n1Cc1ccccc1. The predicted molar refractivity (Wildman–Crippen MR) is 77.8 cm³/mol. The van der Waals surface area contributed by atoms with Crippen LogP contribution in [0, 0.1) is 5.82 Å². The number of hydrogen-bond acceptors (Lipinski definition) is 2. The number of imidazole rings is 1. The maximum atomic E-state index is 13.3. The molecule has 20 heavy (non-hydrogen) atoms. The summed E-state index contributed by atoms with van der Waals surface area (Å²) in [6.07, 6.45) is 0. The minimum atomic E-state index is -0.280. The van der Waals surface area contributed by atoms with Crippen LogP contribution < -0.4 is 5.73 Å². The van der Waals surface area contributed by atoms with E-state index >= 15 is 0 Å². The summed E-state index contributed by atoms with van der Waals surface area (Å²) in [6.45, 7) is 2.57. The zero-order valence-electron chi connectivity index (χ0n) is 11.3. The molecule has 0 amide bonds. The molecule has 0 aliphatic heterocycles. The maximum Gasteiger partial charge on any atom is 0.126 e. The molecular formula is C16H16FN3. The molecule has 0 saturated heterocycles. The molecule has 0 radical (unpaired) electrons. The third kappa shape index (κ3) is 2.30. The molecule has 0 saturated carbocycles. The number of hydrogen-bond donors (Lipinski definition) is 1. The molecule has 2 aromatic carbocycles. The van der Waals surface area contributed by atoms with Crippen molar-refractivity contribution in [3.8, 4) is 0 Å². The second-order valence-electron chi connectivity index (χ2n) is 4.96. The van der Waals surface area contributed by atoms with Gasteiger partial charge >= 0.3 is 0 Å². The molecule has 102 valence electrons. The van der Waals surface area contributed by atoms with Crippen molar-refractivity contribution in [1.82, 2.24) is 9.55 Å². The van der Waals surface area contributed by atoms with Gasteiger partial charge in [-0.1, -0.05) is 30.3 Å². The van der Waals surface area contributed by atoms with Gasteiger partial charge in [-0.2, -0.15) is 0 Å². The number of benzene rings is 2. The third-order valence-electron chi connectivity index (χ3n) is 3.33. The summed E-state index contributed by atoms with van der Waals surface area (Å²) in [5.74, 6) is 0.493. The first-order valence-corrected chi connectivity index (χ1v) is 6.60. The van der Waals surface area contributed by atoms with Gasteiger partial charge in [0.2, 0.25) is 0 Å². The zero-order chi connectivity index (χ0) is 14.1. The summed E-state index contributed by atoms with van der Waals surface area (Å²) in [5, 5.41) is 0. The van der Waals surface area contributed by atoms with Crippen molar-refractivity contribution in [3.05, 3.63) is 65.7 Å². The molecule has 3 nitrogen and oxygen atoms in total. The Labute approximate surface area is 116 Å². The van der Waals surface area contributed by atoms with Crippen LogP contribution in [0.15, 0.2) is 48.5 Å². The summed E-state index contributed by atoms with van der Waals surface area (Å²) >= 11 is 0. The van der Waals surface area contributed by atoms with Gasteiger partial charge in [-0.3, -0.25) is 0 Å². The van der Waals surface area contributed by atoms with Crippen LogP contribution in [0.25, 0.3) is 11.0 Å². The summed E-state index contributed by atoms with van der Waals surface area (Å²) in [4.78, 5) is 4.47. The van der Waals surface area contributed by atoms with E-state index in [9.17, 15) is 4.39 Å². The Bertz CT molecular complexity index is 732. The Hall–Kier alpha value is -2.20. The Morgan fingerprint density at radius 3 is 2.65 bits per heavy atom. The number of nitrogens with two attached hydrogens (primary N) is 1. The molecule has 3 rings (SSSR count). The second kappa shape index (κ2) is 5.06. The van der Waals surface area contributed by atoms with Crippen LogP contribution in [-0.4, -0.2) is 9.55 Å².